The number of aliphatic hydroxyl groups excluding tert-OH is 1. The van der Waals surface area contributed by atoms with Crippen LogP contribution in [0.1, 0.15) is 18.5 Å². The first-order chi connectivity index (χ1) is 8.57. The van der Waals surface area contributed by atoms with Crippen LogP contribution in [0.2, 0.25) is 0 Å². The number of carbonyl (C=O) groups excluding carboxylic acids is 1. The van der Waals surface area contributed by atoms with Crippen LogP contribution in [0.5, 0.6) is 0 Å². The second-order valence-electron chi connectivity index (χ2n) is 4.24. The van der Waals surface area contributed by atoms with Crippen LogP contribution in [-0.2, 0) is 4.79 Å². The fourth-order valence-corrected chi connectivity index (χ4v) is 2.08. The van der Waals surface area contributed by atoms with Crippen LogP contribution in [0.4, 0.5) is 0 Å². The van der Waals surface area contributed by atoms with Crippen molar-refractivity contribution in [3.63, 3.8) is 0 Å². The summed E-state index contributed by atoms with van der Waals surface area (Å²) in [6, 6.07) is 1.69. The van der Waals surface area contributed by atoms with Crippen molar-refractivity contribution in [2.45, 2.75) is 18.9 Å². The van der Waals surface area contributed by atoms with E-state index in [1.54, 1.807) is 26.2 Å². The molecule has 4 N–H and O–H groups in total. The lowest BCUT2D eigenvalue weighted by Crippen LogP contribution is -2.46. The van der Waals surface area contributed by atoms with Gasteiger partial charge in [0.05, 0.1) is 17.2 Å². The fourth-order valence-electron chi connectivity index (χ4n) is 2.08. The highest BCUT2D eigenvalue weighted by Crippen LogP contribution is 2.39. The highest BCUT2D eigenvalue weighted by Gasteiger charge is 2.47. The van der Waals surface area contributed by atoms with Crippen molar-refractivity contribution in [1.82, 2.24) is 21.0 Å². The molecule has 1 fully saturated rings. The van der Waals surface area contributed by atoms with Gasteiger partial charge in [-0.1, -0.05) is 6.58 Å². The van der Waals surface area contributed by atoms with Crippen molar-refractivity contribution in [3.8, 4) is 0 Å². The summed E-state index contributed by atoms with van der Waals surface area (Å²) in [7, 11) is 1.69. The van der Waals surface area contributed by atoms with E-state index in [4.69, 9.17) is 0 Å². The first-order valence-electron chi connectivity index (χ1n) is 5.62. The molecule has 6 nitrogen and oxygen atoms in total. The van der Waals surface area contributed by atoms with Crippen molar-refractivity contribution in [3.05, 3.63) is 41.4 Å². The third-order valence-corrected chi connectivity index (χ3v) is 2.96. The maximum Gasteiger partial charge on any atom is 0.175 e. The number of hydrazine groups is 1. The Balaban J connectivity index is 2.31. The van der Waals surface area contributed by atoms with Crippen LogP contribution in [0.3, 0.4) is 0 Å². The number of Topliss-reactive ketones (excluding diaryl/α,β-unsaturated/α-hetero) is 1. The first-order valence-corrected chi connectivity index (χ1v) is 5.62. The molecule has 0 aliphatic heterocycles. The predicted octanol–water partition coefficient (Wildman–Crippen LogP) is -0.00890. The molecular formula is C12H16N4O2. The van der Waals surface area contributed by atoms with E-state index in [0.29, 0.717) is 22.5 Å². The van der Waals surface area contributed by atoms with Crippen molar-refractivity contribution >= 4 is 5.78 Å². The molecule has 18 heavy (non-hydrogen) atoms. The van der Waals surface area contributed by atoms with Crippen LogP contribution in [0.15, 0.2) is 35.7 Å². The minimum absolute atomic E-state index is 0.118. The molecule has 0 saturated heterocycles. The molecule has 0 spiro atoms. The van der Waals surface area contributed by atoms with Gasteiger partial charge in [-0.2, -0.15) is 5.10 Å². The van der Waals surface area contributed by atoms with Gasteiger partial charge in [-0.3, -0.25) is 9.89 Å². The molecule has 1 aromatic heterocycles. The number of allylic oxidation sites excluding steroid dienone is 1. The standard InChI is InChI=1S/C12H16N4O2/c1-6(2)10(16-13-3)9-11(17)8(12(9)18)7-4-5-14-15-7/h4-5,8,11,13,16-17H,1H2,2-3H3,(H,14,15)/t8?,11-/m0/s1. The van der Waals surface area contributed by atoms with Gasteiger partial charge in [-0.15, -0.1) is 0 Å². The minimum Gasteiger partial charge on any atom is -0.387 e. The lowest BCUT2D eigenvalue weighted by molar-refractivity contribution is -0.126. The number of rotatable bonds is 4. The van der Waals surface area contributed by atoms with Gasteiger partial charge in [0.1, 0.15) is 6.10 Å². The van der Waals surface area contributed by atoms with E-state index in [9.17, 15) is 9.90 Å². The van der Waals surface area contributed by atoms with Crippen LogP contribution in [0.25, 0.3) is 0 Å². The van der Waals surface area contributed by atoms with E-state index in [-0.39, 0.29) is 5.78 Å². The molecule has 0 radical (unpaired) electrons. The zero-order valence-corrected chi connectivity index (χ0v) is 10.3. The summed E-state index contributed by atoms with van der Waals surface area (Å²) in [6.07, 6.45) is 0.716. The second-order valence-corrected chi connectivity index (χ2v) is 4.24. The van der Waals surface area contributed by atoms with Crippen LogP contribution in [0, 0.1) is 0 Å². The second kappa shape index (κ2) is 4.75. The van der Waals surface area contributed by atoms with Gasteiger partial charge in [-0.25, -0.2) is 5.43 Å². The molecule has 6 heteroatoms. The third kappa shape index (κ3) is 1.85. The number of nitrogens with one attached hydrogen (secondary N) is 3. The largest absolute Gasteiger partial charge is 0.387 e. The highest BCUT2D eigenvalue weighted by atomic mass is 16.3. The lowest BCUT2D eigenvalue weighted by Gasteiger charge is -2.35. The molecule has 0 amide bonds. The lowest BCUT2D eigenvalue weighted by atomic mass is 9.72. The van der Waals surface area contributed by atoms with Gasteiger partial charge >= 0.3 is 0 Å². The van der Waals surface area contributed by atoms with Gasteiger partial charge in [0, 0.05) is 18.9 Å². The van der Waals surface area contributed by atoms with Crippen molar-refractivity contribution < 1.29 is 9.90 Å². The summed E-state index contributed by atoms with van der Waals surface area (Å²) in [6.45, 7) is 5.56. The molecule has 2 atom stereocenters. The van der Waals surface area contributed by atoms with E-state index < -0.39 is 12.0 Å². The smallest absolute Gasteiger partial charge is 0.175 e. The summed E-state index contributed by atoms with van der Waals surface area (Å²) in [5.74, 6) is -0.678. The highest BCUT2D eigenvalue weighted by molar-refractivity contribution is 6.10. The topological polar surface area (TPSA) is 90.0 Å². The molecule has 0 aromatic carbocycles. The number of aliphatic hydroxyl groups is 1. The zero-order valence-electron chi connectivity index (χ0n) is 10.3. The molecule has 1 aromatic rings. The first kappa shape index (κ1) is 12.5. The van der Waals surface area contributed by atoms with Crippen LogP contribution in [-0.4, -0.2) is 34.2 Å². The summed E-state index contributed by atoms with van der Waals surface area (Å²) in [5, 5.41) is 16.6. The summed E-state index contributed by atoms with van der Waals surface area (Å²) >= 11 is 0. The number of hydrogen-bond acceptors (Lipinski definition) is 5. The van der Waals surface area contributed by atoms with Crippen molar-refractivity contribution in [2.75, 3.05) is 7.05 Å². The van der Waals surface area contributed by atoms with Gasteiger partial charge in [0.15, 0.2) is 5.78 Å². The monoisotopic (exact) mass is 248 g/mol. The van der Waals surface area contributed by atoms with Gasteiger partial charge < -0.3 is 10.5 Å². The number of aromatic nitrogens is 2. The molecule has 1 aliphatic rings. The third-order valence-electron chi connectivity index (χ3n) is 2.96. The quantitative estimate of drug-likeness (QED) is 0.444. The Kier molecular flexibility index (Phi) is 3.31. The number of carbonyl (C=O) groups is 1. The fraction of sp³-hybridized carbons (Fsp3) is 0.333. The number of aromatic amines is 1. The van der Waals surface area contributed by atoms with Crippen LogP contribution >= 0.6 is 0 Å². The van der Waals surface area contributed by atoms with Crippen molar-refractivity contribution in [1.29, 1.82) is 0 Å². The van der Waals surface area contributed by atoms with Crippen molar-refractivity contribution in [2.24, 2.45) is 0 Å². The predicted molar refractivity (Wildman–Crippen MR) is 66.4 cm³/mol. The van der Waals surface area contributed by atoms with E-state index in [1.165, 1.54) is 0 Å². The summed E-state index contributed by atoms with van der Waals surface area (Å²) < 4.78 is 0. The maximum atomic E-state index is 12.1. The number of hydrogen-bond donors (Lipinski definition) is 4. The SMILES string of the molecule is C=C(C)C(NNC)=C1C(=O)C(c2ccn[nH]2)[C@@H]1O. The van der Waals surface area contributed by atoms with Crippen LogP contribution < -0.4 is 10.9 Å². The minimum atomic E-state index is -0.842. The Morgan fingerprint density at radius 1 is 1.61 bits per heavy atom. The van der Waals surface area contributed by atoms with E-state index in [2.05, 4.69) is 27.6 Å². The van der Waals surface area contributed by atoms with Gasteiger partial charge in [0.25, 0.3) is 0 Å². The number of H-pyrrole nitrogens is 1. The van der Waals surface area contributed by atoms with E-state index >= 15 is 0 Å². The summed E-state index contributed by atoms with van der Waals surface area (Å²) in [5.41, 5.74) is 7.79. The Morgan fingerprint density at radius 2 is 2.33 bits per heavy atom. The van der Waals surface area contributed by atoms with Gasteiger partial charge in [-0.05, 0) is 18.6 Å². The Hall–Kier alpha value is -1.92. The Morgan fingerprint density at radius 3 is 2.78 bits per heavy atom. The molecule has 0 bridgehead atoms. The number of nitrogens with zero attached hydrogens (tertiary/aromatic N) is 1. The molecule has 1 unspecified atom stereocenters. The molecule has 1 heterocycles. The Labute approximate surface area is 105 Å². The molecule has 1 aliphatic carbocycles. The van der Waals surface area contributed by atoms with E-state index in [0.717, 1.165) is 0 Å². The van der Waals surface area contributed by atoms with E-state index in [1.807, 2.05) is 0 Å². The molecule has 96 valence electrons. The maximum absolute atomic E-state index is 12.1. The average molecular weight is 248 g/mol. The normalized spacial score (nSPS) is 25.6. The Bertz CT molecular complexity index is 504. The molecular weight excluding hydrogens is 232 g/mol. The zero-order chi connectivity index (χ0) is 13.3. The molecule has 2 rings (SSSR count). The van der Waals surface area contributed by atoms with Gasteiger partial charge in [0.2, 0.25) is 0 Å². The summed E-state index contributed by atoms with van der Waals surface area (Å²) in [4.78, 5) is 12.1. The number of ketones is 1. The molecule has 1 saturated carbocycles. The average Bonchev–Trinajstić information content (AvgIpc) is 2.82.